The molecule has 0 aromatic carbocycles. The van der Waals surface area contributed by atoms with E-state index in [0.29, 0.717) is 0 Å². The van der Waals surface area contributed by atoms with E-state index in [9.17, 15) is 0 Å². The number of nitrogens with zero attached hydrogens (tertiary/aromatic N) is 2. The molecule has 1 aromatic rings. The van der Waals surface area contributed by atoms with Crippen LogP contribution in [0, 0.1) is 0 Å². The molecular formula is C10H15BrN2. The summed E-state index contributed by atoms with van der Waals surface area (Å²) in [4.78, 5) is 0. The van der Waals surface area contributed by atoms with Crippen LogP contribution in [-0.2, 0) is 5.54 Å². The summed E-state index contributed by atoms with van der Waals surface area (Å²) in [6.45, 7) is 10.3. The van der Waals surface area contributed by atoms with Gasteiger partial charge in [-0.3, -0.25) is 4.68 Å². The van der Waals surface area contributed by atoms with Crippen LogP contribution in [0.1, 0.15) is 26.3 Å². The highest BCUT2D eigenvalue weighted by Gasteiger charge is 2.14. The molecule has 0 aliphatic rings. The normalized spacial score (nSPS) is 11.7. The lowest BCUT2D eigenvalue weighted by Crippen LogP contribution is -2.21. The van der Waals surface area contributed by atoms with E-state index >= 15 is 0 Å². The lowest BCUT2D eigenvalue weighted by molar-refractivity contribution is 0.355. The minimum atomic E-state index is 0.0465. The average molecular weight is 243 g/mol. The number of rotatable bonds is 2. The van der Waals surface area contributed by atoms with Crippen LogP contribution in [0.5, 0.6) is 0 Å². The summed E-state index contributed by atoms with van der Waals surface area (Å²) in [6, 6.07) is 0. The summed E-state index contributed by atoms with van der Waals surface area (Å²) in [5.41, 5.74) is 2.22. The van der Waals surface area contributed by atoms with Crippen molar-refractivity contribution in [1.82, 2.24) is 9.78 Å². The molecule has 0 aliphatic heterocycles. The molecule has 13 heavy (non-hydrogen) atoms. The molecular weight excluding hydrogens is 228 g/mol. The maximum absolute atomic E-state index is 4.29. The van der Waals surface area contributed by atoms with Crippen LogP contribution in [-0.4, -0.2) is 15.1 Å². The summed E-state index contributed by atoms with van der Waals surface area (Å²) in [5, 5.41) is 5.09. The molecule has 0 bridgehead atoms. The predicted molar refractivity (Wildman–Crippen MR) is 60.1 cm³/mol. The van der Waals surface area contributed by atoms with E-state index in [-0.39, 0.29) is 5.54 Å². The van der Waals surface area contributed by atoms with Crippen LogP contribution < -0.4 is 0 Å². The van der Waals surface area contributed by atoms with E-state index in [1.54, 1.807) is 0 Å². The lowest BCUT2D eigenvalue weighted by atomic mass is 10.1. The quantitative estimate of drug-likeness (QED) is 0.730. The average Bonchev–Trinajstić information content (AvgIpc) is 2.50. The highest BCUT2D eigenvalue weighted by atomic mass is 79.9. The topological polar surface area (TPSA) is 17.8 Å². The summed E-state index contributed by atoms with van der Waals surface area (Å²) >= 11 is 3.37. The number of halogens is 1. The molecule has 0 amide bonds. The highest BCUT2D eigenvalue weighted by molar-refractivity contribution is 9.09. The zero-order valence-corrected chi connectivity index (χ0v) is 9.93. The van der Waals surface area contributed by atoms with Crippen LogP contribution in [0.3, 0.4) is 0 Å². The molecule has 2 nitrogen and oxygen atoms in total. The van der Waals surface area contributed by atoms with Gasteiger partial charge in [0.25, 0.3) is 0 Å². The van der Waals surface area contributed by atoms with E-state index in [2.05, 4.69) is 48.4 Å². The fourth-order valence-corrected chi connectivity index (χ4v) is 1.27. The van der Waals surface area contributed by atoms with Gasteiger partial charge in [-0.1, -0.05) is 22.5 Å². The Hall–Kier alpha value is -0.570. The summed E-state index contributed by atoms with van der Waals surface area (Å²) in [6.07, 6.45) is 3.89. The van der Waals surface area contributed by atoms with Gasteiger partial charge in [0.15, 0.2) is 0 Å². The third-order valence-electron chi connectivity index (χ3n) is 1.84. The van der Waals surface area contributed by atoms with Crippen LogP contribution in [0.2, 0.25) is 0 Å². The van der Waals surface area contributed by atoms with Gasteiger partial charge in [-0.25, -0.2) is 0 Å². The van der Waals surface area contributed by atoms with Crippen molar-refractivity contribution in [2.24, 2.45) is 0 Å². The van der Waals surface area contributed by atoms with Crippen molar-refractivity contribution in [3.63, 3.8) is 0 Å². The van der Waals surface area contributed by atoms with Crippen molar-refractivity contribution >= 4 is 21.5 Å². The first-order valence-electron chi connectivity index (χ1n) is 4.24. The van der Waals surface area contributed by atoms with Crippen molar-refractivity contribution in [3.05, 3.63) is 24.5 Å². The molecule has 3 heteroatoms. The molecule has 1 heterocycles. The van der Waals surface area contributed by atoms with Gasteiger partial charge in [0.1, 0.15) is 0 Å². The monoisotopic (exact) mass is 242 g/mol. The second-order valence-electron chi connectivity index (χ2n) is 4.08. The maximum Gasteiger partial charge on any atom is 0.0565 e. The van der Waals surface area contributed by atoms with Gasteiger partial charge in [-0.05, 0) is 26.3 Å². The second-order valence-corrected chi connectivity index (χ2v) is 4.64. The van der Waals surface area contributed by atoms with Crippen LogP contribution in [0.25, 0.3) is 5.57 Å². The van der Waals surface area contributed by atoms with Crippen LogP contribution >= 0.6 is 15.9 Å². The molecule has 0 unspecified atom stereocenters. The third kappa shape index (κ3) is 2.44. The van der Waals surface area contributed by atoms with Crippen LogP contribution in [0.4, 0.5) is 0 Å². The van der Waals surface area contributed by atoms with E-state index in [1.807, 2.05) is 17.1 Å². The van der Waals surface area contributed by atoms with Gasteiger partial charge in [-0.15, -0.1) is 0 Å². The Morgan fingerprint density at radius 1 is 1.62 bits per heavy atom. The highest BCUT2D eigenvalue weighted by Crippen LogP contribution is 2.18. The van der Waals surface area contributed by atoms with Crippen molar-refractivity contribution in [2.45, 2.75) is 26.3 Å². The van der Waals surface area contributed by atoms with E-state index < -0.39 is 0 Å². The van der Waals surface area contributed by atoms with Crippen molar-refractivity contribution in [2.75, 3.05) is 5.33 Å². The molecule has 0 saturated heterocycles. The first-order valence-corrected chi connectivity index (χ1v) is 5.36. The Morgan fingerprint density at radius 3 is 2.62 bits per heavy atom. The van der Waals surface area contributed by atoms with E-state index in [0.717, 1.165) is 16.5 Å². The van der Waals surface area contributed by atoms with Gasteiger partial charge in [0, 0.05) is 17.1 Å². The SMILES string of the molecule is C=C(CBr)c1cnn(C(C)(C)C)c1. The lowest BCUT2D eigenvalue weighted by Gasteiger charge is -2.18. The number of hydrogen-bond acceptors (Lipinski definition) is 1. The fraction of sp³-hybridized carbons (Fsp3) is 0.500. The van der Waals surface area contributed by atoms with Gasteiger partial charge >= 0.3 is 0 Å². The Labute approximate surface area is 87.8 Å². The molecule has 0 saturated carbocycles. The molecule has 0 fully saturated rings. The largest absolute Gasteiger partial charge is 0.267 e. The van der Waals surface area contributed by atoms with Crippen LogP contribution in [0.15, 0.2) is 19.0 Å². The Bertz CT molecular complexity index is 307. The van der Waals surface area contributed by atoms with Crippen molar-refractivity contribution in [3.8, 4) is 0 Å². The molecule has 0 radical (unpaired) electrons. The third-order valence-corrected chi connectivity index (χ3v) is 2.52. The summed E-state index contributed by atoms with van der Waals surface area (Å²) in [5.74, 6) is 0. The standard InChI is InChI=1S/C10H15BrN2/c1-8(5-11)9-6-12-13(7-9)10(2,3)4/h6-7H,1,5H2,2-4H3. The van der Waals surface area contributed by atoms with Gasteiger partial charge in [0.05, 0.1) is 11.7 Å². The number of alkyl halides is 1. The molecule has 0 N–H and O–H groups in total. The first-order chi connectivity index (χ1) is 5.95. The molecule has 0 spiro atoms. The van der Waals surface area contributed by atoms with Crippen molar-refractivity contribution in [1.29, 1.82) is 0 Å². The first kappa shape index (κ1) is 10.5. The summed E-state index contributed by atoms with van der Waals surface area (Å²) < 4.78 is 1.95. The minimum Gasteiger partial charge on any atom is -0.267 e. The number of allylic oxidation sites excluding steroid dienone is 1. The predicted octanol–water partition coefficient (Wildman–Crippen LogP) is 3.05. The van der Waals surface area contributed by atoms with E-state index in [4.69, 9.17) is 0 Å². The molecule has 72 valence electrons. The zero-order chi connectivity index (χ0) is 10.1. The molecule has 0 atom stereocenters. The molecule has 1 aromatic heterocycles. The minimum absolute atomic E-state index is 0.0465. The smallest absolute Gasteiger partial charge is 0.0565 e. The fourth-order valence-electron chi connectivity index (χ4n) is 0.949. The molecule has 0 aliphatic carbocycles. The van der Waals surface area contributed by atoms with Gasteiger partial charge in [-0.2, -0.15) is 5.10 Å². The maximum atomic E-state index is 4.29. The van der Waals surface area contributed by atoms with Crippen molar-refractivity contribution < 1.29 is 0 Å². The number of hydrogen-bond donors (Lipinski definition) is 0. The Morgan fingerprint density at radius 2 is 2.23 bits per heavy atom. The zero-order valence-electron chi connectivity index (χ0n) is 8.34. The Kier molecular flexibility index (Phi) is 2.96. The van der Waals surface area contributed by atoms with Gasteiger partial charge < -0.3 is 0 Å². The van der Waals surface area contributed by atoms with Gasteiger partial charge in [0.2, 0.25) is 0 Å². The molecule has 1 rings (SSSR count). The Balaban J connectivity index is 2.93. The summed E-state index contributed by atoms with van der Waals surface area (Å²) in [7, 11) is 0. The second kappa shape index (κ2) is 3.66. The number of aromatic nitrogens is 2. The van der Waals surface area contributed by atoms with E-state index in [1.165, 1.54) is 0 Å².